The summed E-state index contributed by atoms with van der Waals surface area (Å²) in [5, 5.41) is 12.5. The molecule has 0 aliphatic carbocycles. The number of urea groups is 1. The average Bonchev–Trinajstić information content (AvgIpc) is 2.78. The minimum absolute atomic E-state index is 0.300. The van der Waals surface area contributed by atoms with Gasteiger partial charge in [-0.25, -0.2) is 10.3 Å². The van der Waals surface area contributed by atoms with Crippen molar-refractivity contribution in [1.29, 1.82) is 0 Å². The molecule has 34 heavy (non-hydrogen) atoms. The van der Waals surface area contributed by atoms with Gasteiger partial charge < -0.3 is 15.4 Å². The molecule has 0 aliphatic rings. The highest BCUT2D eigenvalue weighted by Crippen LogP contribution is 2.39. The van der Waals surface area contributed by atoms with Gasteiger partial charge in [-0.05, 0) is 48.5 Å². The molecule has 176 valence electrons. The first-order valence-corrected chi connectivity index (χ1v) is 9.83. The van der Waals surface area contributed by atoms with Crippen molar-refractivity contribution in [3.63, 3.8) is 0 Å². The first-order valence-electron chi connectivity index (χ1n) is 9.45. The number of carbonyl (C=O) groups excluding carboxylic acids is 2. The van der Waals surface area contributed by atoms with Crippen molar-refractivity contribution in [2.75, 3.05) is 10.6 Å². The molecule has 1 heterocycles. The summed E-state index contributed by atoms with van der Waals surface area (Å²) < 4.78 is 45.4. The van der Waals surface area contributed by atoms with Crippen molar-refractivity contribution in [3.8, 4) is 11.5 Å². The number of hydroxylamine groups is 1. The van der Waals surface area contributed by atoms with Crippen LogP contribution in [0.3, 0.4) is 0 Å². The summed E-state index contributed by atoms with van der Waals surface area (Å²) in [5.74, 6) is 0.0813. The van der Waals surface area contributed by atoms with E-state index in [1.807, 2.05) is 0 Å². The molecule has 0 aliphatic heterocycles. The van der Waals surface area contributed by atoms with E-state index in [4.69, 9.17) is 21.5 Å². The third-order valence-electron chi connectivity index (χ3n) is 4.16. The molecule has 3 amide bonds. The van der Waals surface area contributed by atoms with Crippen LogP contribution in [0.15, 0.2) is 66.9 Å². The number of anilines is 2. The maximum Gasteiger partial charge on any atom is 0.419 e. The lowest BCUT2D eigenvalue weighted by molar-refractivity contribution is -0.136. The molecule has 0 unspecified atom stereocenters. The van der Waals surface area contributed by atoms with Crippen molar-refractivity contribution >= 4 is 41.0 Å². The van der Waals surface area contributed by atoms with Crippen LogP contribution in [0.1, 0.15) is 11.3 Å². The van der Waals surface area contributed by atoms with Crippen LogP contribution in [0.25, 0.3) is 6.08 Å². The maximum atomic E-state index is 13.2. The van der Waals surface area contributed by atoms with Crippen LogP contribution in [-0.4, -0.2) is 22.1 Å². The van der Waals surface area contributed by atoms with Crippen LogP contribution in [0.4, 0.5) is 29.3 Å². The van der Waals surface area contributed by atoms with Gasteiger partial charge in [0, 0.05) is 24.0 Å². The number of hydrogen-bond donors (Lipinski definition) is 4. The van der Waals surface area contributed by atoms with Gasteiger partial charge in [0.2, 0.25) is 0 Å². The molecular weight excluding hydrogens is 477 g/mol. The number of benzene rings is 2. The standard InChI is InChI=1S/C22H16ClF3N4O4/c23-17-2-1-3-18(20(17)22(24,25)26)29-21(32)28-13-4-7-15(8-5-13)34-16-10-11-27-14(12-16)6-9-19(31)30-33/h1-12,33H,(H,30,31)(H2,28,29,32)/b9-6+. The third kappa shape index (κ3) is 6.70. The number of nitrogens with one attached hydrogen (secondary N) is 3. The number of hydrogen-bond acceptors (Lipinski definition) is 5. The van der Waals surface area contributed by atoms with Gasteiger partial charge in [0.15, 0.2) is 0 Å². The SMILES string of the molecule is O=C(/C=C/c1cc(Oc2ccc(NC(=O)Nc3cccc(Cl)c3C(F)(F)F)cc2)ccn1)NO. The Bertz CT molecular complexity index is 1220. The Morgan fingerprint density at radius 2 is 1.76 bits per heavy atom. The molecule has 0 radical (unpaired) electrons. The Labute approximate surface area is 196 Å². The van der Waals surface area contributed by atoms with Crippen LogP contribution in [-0.2, 0) is 11.0 Å². The van der Waals surface area contributed by atoms with Crippen LogP contribution in [0.5, 0.6) is 11.5 Å². The second-order valence-electron chi connectivity index (χ2n) is 6.59. The zero-order valence-electron chi connectivity index (χ0n) is 17.1. The zero-order chi connectivity index (χ0) is 24.7. The molecule has 0 atom stereocenters. The van der Waals surface area contributed by atoms with Crippen LogP contribution in [0.2, 0.25) is 5.02 Å². The molecule has 0 bridgehead atoms. The minimum atomic E-state index is -4.74. The van der Waals surface area contributed by atoms with E-state index in [-0.39, 0.29) is 0 Å². The fourth-order valence-electron chi connectivity index (χ4n) is 2.72. The van der Waals surface area contributed by atoms with Gasteiger partial charge in [0.25, 0.3) is 5.91 Å². The van der Waals surface area contributed by atoms with E-state index in [1.54, 1.807) is 12.1 Å². The first kappa shape index (κ1) is 24.6. The highest BCUT2D eigenvalue weighted by molar-refractivity contribution is 6.32. The Morgan fingerprint density at radius 3 is 2.44 bits per heavy atom. The summed E-state index contributed by atoms with van der Waals surface area (Å²) >= 11 is 5.65. The number of ether oxygens (including phenoxy) is 1. The van der Waals surface area contributed by atoms with Crippen LogP contribution < -0.4 is 20.9 Å². The number of aromatic nitrogens is 1. The molecule has 12 heteroatoms. The number of halogens is 4. The number of amides is 3. The fraction of sp³-hybridized carbons (Fsp3) is 0.0455. The topological polar surface area (TPSA) is 113 Å². The summed E-state index contributed by atoms with van der Waals surface area (Å²) in [5.41, 5.74) is 0.542. The van der Waals surface area contributed by atoms with Gasteiger partial charge >= 0.3 is 12.2 Å². The molecule has 0 fully saturated rings. The predicted octanol–water partition coefficient (Wildman–Crippen LogP) is 5.71. The van der Waals surface area contributed by atoms with Crippen molar-refractivity contribution in [1.82, 2.24) is 10.5 Å². The van der Waals surface area contributed by atoms with Gasteiger partial charge in [-0.15, -0.1) is 0 Å². The molecule has 0 saturated heterocycles. The molecule has 2 aromatic carbocycles. The van der Waals surface area contributed by atoms with E-state index in [9.17, 15) is 22.8 Å². The van der Waals surface area contributed by atoms with Crippen molar-refractivity contribution in [2.24, 2.45) is 0 Å². The Kier molecular flexibility index (Phi) is 7.71. The van der Waals surface area contributed by atoms with Crippen molar-refractivity contribution in [2.45, 2.75) is 6.18 Å². The average molecular weight is 493 g/mol. The number of pyridine rings is 1. The van der Waals surface area contributed by atoms with Gasteiger partial charge in [-0.2, -0.15) is 13.2 Å². The number of alkyl halides is 3. The molecule has 8 nitrogen and oxygen atoms in total. The van der Waals surface area contributed by atoms with Crippen LogP contribution in [0, 0.1) is 0 Å². The Morgan fingerprint density at radius 1 is 1.03 bits per heavy atom. The normalized spacial score (nSPS) is 11.2. The summed E-state index contributed by atoms with van der Waals surface area (Å²) in [6.45, 7) is 0. The summed E-state index contributed by atoms with van der Waals surface area (Å²) in [6.07, 6.45) is -0.836. The van der Waals surface area contributed by atoms with Gasteiger partial charge in [-0.3, -0.25) is 15.0 Å². The van der Waals surface area contributed by atoms with E-state index in [0.717, 1.165) is 18.2 Å². The highest BCUT2D eigenvalue weighted by atomic mass is 35.5. The monoisotopic (exact) mass is 492 g/mol. The Balaban J connectivity index is 1.64. The lowest BCUT2D eigenvalue weighted by atomic mass is 10.1. The minimum Gasteiger partial charge on any atom is -0.457 e. The summed E-state index contributed by atoms with van der Waals surface area (Å²) in [4.78, 5) is 27.3. The van der Waals surface area contributed by atoms with E-state index in [2.05, 4.69) is 15.6 Å². The third-order valence-corrected chi connectivity index (χ3v) is 4.48. The number of rotatable bonds is 6. The lowest BCUT2D eigenvalue weighted by Crippen LogP contribution is -2.22. The maximum absolute atomic E-state index is 13.2. The molecule has 3 aromatic rings. The molecule has 0 saturated carbocycles. The quantitative estimate of drug-likeness (QED) is 0.200. The second kappa shape index (κ2) is 10.7. The van der Waals surface area contributed by atoms with E-state index in [1.165, 1.54) is 48.1 Å². The largest absolute Gasteiger partial charge is 0.457 e. The number of nitrogens with zero attached hydrogens (tertiary/aromatic N) is 1. The fourth-order valence-corrected chi connectivity index (χ4v) is 3.01. The van der Waals surface area contributed by atoms with Crippen molar-refractivity contribution < 1.29 is 32.7 Å². The van der Waals surface area contributed by atoms with E-state index >= 15 is 0 Å². The lowest BCUT2D eigenvalue weighted by Gasteiger charge is -2.15. The zero-order valence-corrected chi connectivity index (χ0v) is 17.8. The molecule has 3 rings (SSSR count). The molecular formula is C22H16ClF3N4O4. The summed E-state index contributed by atoms with van der Waals surface area (Å²) in [7, 11) is 0. The second-order valence-corrected chi connectivity index (χ2v) is 7.00. The van der Waals surface area contributed by atoms with E-state index in [0.29, 0.717) is 22.9 Å². The highest BCUT2D eigenvalue weighted by Gasteiger charge is 2.36. The summed E-state index contributed by atoms with van der Waals surface area (Å²) in [6, 6.07) is 11.8. The first-order chi connectivity index (χ1) is 16.2. The van der Waals surface area contributed by atoms with Gasteiger partial charge in [-0.1, -0.05) is 17.7 Å². The molecule has 4 N–H and O–H groups in total. The smallest absolute Gasteiger partial charge is 0.419 e. The van der Waals surface area contributed by atoms with Crippen LogP contribution >= 0.6 is 11.6 Å². The molecule has 0 spiro atoms. The Hall–Kier alpha value is -4.09. The van der Waals surface area contributed by atoms with E-state index < -0.39 is 34.4 Å². The molecule has 1 aromatic heterocycles. The number of carbonyl (C=O) groups is 2. The van der Waals surface area contributed by atoms with Gasteiger partial charge in [0.05, 0.1) is 22.0 Å². The predicted molar refractivity (Wildman–Crippen MR) is 119 cm³/mol. The van der Waals surface area contributed by atoms with Gasteiger partial charge in [0.1, 0.15) is 11.5 Å². The van der Waals surface area contributed by atoms with Crippen molar-refractivity contribution in [3.05, 3.63) is 83.2 Å².